The van der Waals surface area contributed by atoms with Crippen LogP contribution in [0.25, 0.3) is 0 Å². The molecule has 1 aliphatic carbocycles. The largest absolute Gasteiger partial charge is 0.455 e. The first-order valence-electron chi connectivity index (χ1n) is 6.20. The van der Waals surface area contributed by atoms with Gasteiger partial charge < -0.3 is 9.47 Å². The Bertz CT molecular complexity index is 368. The molecule has 2 fully saturated rings. The third-order valence-electron chi connectivity index (χ3n) is 4.21. The van der Waals surface area contributed by atoms with E-state index in [1.807, 2.05) is 27.7 Å². The maximum Gasteiger partial charge on any atom is 0.312 e. The molecule has 0 aromatic carbocycles. The Morgan fingerprint density at radius 2 is 2.06 bits per heavy atom. The van der Waals surface area contributed by atoms with Crippen molar-refractivity contribution in [3.8, 4) is 0 Å². The Morgan fingerprint density at radius 1 is 1.47 bits per heavy atom. The van der Waals surface area contributed by atoms with Crippen LogP contribution < -0.4 is 0 Å². The zero-order valence-corrected chi connectivity index (χ0v) is 11.0. The van der Waals surface area contributed by atoms with E-state index in [1.165, 1.54) is 0 Å². The van der Waals surface area contributed by atoms with Crippen molar-refractivity contribution in [1.29, 1.82) is 0 Å². The van der Waals surface area contributed by atoms with Gasteiger partial charge in [0.1, 0.15) is 0 Å². The molecule has 1 spiro atoms. The summed E-state index contributed by atoms with van der Waals surface area (Å²) in [6, 6.07) is 0. The lowest BCUT2D eigenvalue weighted by molar-refractivity contribution is -0.177. The second-order valence-electron chi connectivity index (χ2n) is 6.00. The molecule has 1 unspecified atom stereocenters. The maximum atomic E-state index is 12.1. The maximum absolute atomic E-state index is 12.1. The molecule has 0 radical (unpaired) electrons. The van der Waals surface area contributed by atoms with Gasteiger partial charge in [-0.15, -0.1) is 0 Å². The first kappa shape index (κ1) is 12.4. The highest BCUT2D eigenvalue weighted by Crippen LogP contribution is 2.56. The monoisotopic (exact) mass is 240 g/mol. The Hall–Kier alpha value is -1.06. The van der Waals surface area contributed by atoms with Crippen LogP contribution in [0.2, 0.25) is 0 Å². The summed E-state index contributed by atoms with van der Waals surface area (Å²) >= 11 is 0. The van der Waals surface area contributed by atoms with Crippen molar-refractivity contribution in [1.82, 2.24) is 0 Å². The van der Waals surface area contributed by atoms with Crippen LogP contribution in [-0.4, -0.2) is 23.1 Å². The Morgan fingerprint density at radius 3 is 2.53 bits per heavy atom. The zero-order chi connectivity index (χ0) is 12.9. The van der Waals surface area contributed by atoms with Crippen LogP contribution in [0.3, 0.4) is 0 Å². The average Bonchev–Trinajstić information content (AvgIpc) is 2.93. The Labute approximate surface area is 102 Å². The first-order chi connectivity index (χ1) is 7.75. The SMILES string of the molecule is CCC(C)(C)C(=O)OC1(C)CC(=O)OC12CC2. The Balaban J connectivity index is 2.13. The first-order valence-corrected chi connectivity index (χ1v) is 6.20. The van der Waals surface area contributed by atoms with Gasteiger partial charge >= 0.3 is 11.9 Å². The van der Waals surface area contributed by atoms with Gasteiger partial charge in [0.2, 0.25) is 0 Å². The van der Waals surface area contributed by atoms with Crippen molar-refractivity contribution in [2.24, 2.45) is 5.41 Å². The van der Waals surface area contributed by atoms with Crippen molar-refractivity contribution in [3.05, 3.63) is 0 Å². The van der Waals surface area contributed by atoms with Crippen LogP contribution >= 0.6 is 0 Å². The zero-order valence-electron chi connectivity index (χ0n) is 11.0. The number of esters is 2. The van der Waals surface area contributed by atoms with Crippen molar-refractivity contribution in [2.45, 2.75) is 64.6 Å². The van der Waals surface area contributed by atoms with Gasteiger partial charge in [-0.3, -0.25) is 9.59 Å². The predicted octanol–water partition coefficient (Wildman–Crippen LogP) is 2.20. The molecule has 0 amide bonds. The van der Waals surface area contributed by atoms with Gasteiger partial charge in [-0.25, -0.2) is 0 Å². The van der Waals surface area contributed by atoms with E-state index in [4.69, 9.17) is 9.47 Å². The normalized spacial score (nSPS) is 30.2. The van der Waals surface area contributed by atoms with Crippen LogP contribution in [0.15, 0.2) is 0 Å². The fraction of sp³-hybridized carbons (Fsp3) is 0.846. The predicted molar refractivity (Wildman–Crippen MR) is 61.2 cm³/mol. The van der Waals surface area contributed by atoms with Gasteiger partial charge in [0.25, 0.3) is 0 Å². The molecule has 0 aromatic heterocycles. The lowest BCUT2D eigenvalue weighted by Gasteiger charge is -2.32. The quantitative estimate of drug-likeness (QED) is 0.710. The number of hydrogen-bond donors (Lipinski definition) is 0. The number of ether oxygens (including phenoxy) is 2. The molecule has 1 heterocycles. The summed E-state index contributed by atoms with van der Waals surface area (Å²) in [6.07, 6.45) is 2.49. The van der Waals surface area contributed by atoms with E-state index in [0.717, 1.165) is 12.8 Å². The van der Waals surface area contributed by atoms with E-state index in [-0.39, 0.29) is 18.4 Å². The van der Waals surface area contributed by atoms with Gasteiger partial charge in [-0.05, 0) is 40.0 Å². The van der Waals surface area contributed by atoms with Gasteiger partial charge in [-0.1, -0.05) is 6.92 Å². The van der Waals surface area contributed by atoms with Gasteiger partial charge in [-0.2, -0.15) is 0 Å². The molecular formula is C13H20O4. The van der Waals surface area contributed by atoms with Crippen molar-refractivity contribution >= 4 is 11.9 Å². The van der Waals surface area contributed by atoms with Gasteiger partial charge in [0.15, 0.2) is 11.2 Å². The molecule has 1 atom stereocenters. The summed E-state index contributed by atoms with van der Waals surface area (Å²) in [6.45, 7) is 7.48. The number of hydrogen-bond acceptors (Lipinski definition) is 4. The summed E-state index contributed by atoms with van der Waals surface area (Å²) in [4.78, 5) is 23.5. The molecule has 0 bridgehead atoms. The van der Waals surface area contributed by atoms with Crippen LogP contribution in [0.4, 0.5) is 0 Å². The van der Waals surface area contributed by atoms with E-state index in [2.05, 4.69) is 0 Å². The number of carbonyl (C=O) groups excluding carboxylic acids is 2. The average molecular weight is 240 g/mol. The van der Waals surface area contributed by atoms with Crippen LogP contribution in [-0.2, 0) is 19.1 Å². The van der Waals surface area contributed by atoms with E-state index in [0.29, 0.717) is 6.42 Å². The summed E-state index contributed by atoms with van der Waals surface area (Å²) in [7, 11) is 0. The minimum Gasteiger partial charge on any atom is -0.455 e. The second kappa shape index (κ2) is 3.47. The van der Waals surface area contributed by atoms with Crippen LogP contribution in [0, 0.1) is 5.41 Å². The third-order valence-corrected chi connectivity index (χ3v) is 4.21. The molecule has 2 aliphatic rings. The molecule has 0 aromatic rings. The minimum atomic E-state index is -0.770. The van der Waals surface area contributed by atoms with E-state index < -0.39 is 16.6 Å². The molecule has 2 rings (SSSR count). The highest BCUT2D eigenvalue weighted by Gasteiger charge is 2.68. The molecule has 1 saturated carbocycles. The molecule has 0 N–H and O–H groups in total. The summed E-state index contributed by atoms with van der Waals surface area (Å²) in [5.74, 6) is -0.501. The van der Waals surface area contributed by atoms with E-state index >= 15 is 0 Å². The second-order valence-corrected chi connectivity index (χ2v) is 6.00. The minimum absolute atomic E-state index is 0.179. The lowest BCUT2D eigenvalue weighted by Crippen LogP contribution is -2.44. The molecule has 1 aliphatic heterocycles. The van der Waals surface area contributed by atoms with Crippen molar-refractivity contribution in [3.63, 3.8) is 0 Å². The highest BCUT2D eigenvalue weighted by molar-refractivity contribution is 5.80. The van der Waals surface area contributed by atoms with E-state index in [1.54, 1.807) is 0 Å². The number of carbonyl (C=O) groups is 2. The molecule has 4 heteroatoms. The third kappa shape index (κ3) is 1.83. The summed E-state index contributed by atoms with van der Waals surface area (Å²) in [5.41, 5.74) is -1.80. The standard InChI is InChI=1S/C13H20O4/c1-5-11(2,3)10(15)17-12(4)8-9(14)16-13(12)6-7-13/h5-8H2,1-4H3. The molecular weight excluding hydrogens is 220 g/mol. The van der Waals surface area contributed by atoms with Crippen molar-refractivity contribution in [2.75, 3.05) is 0 Å². The van der Waals surface area contributed by atoms with Crippen LogP contribution in [0.5, 0.6) is 0 Å². The van der Waals surface area contributed by atoms with Crippen molar-refractivity contribution < 1.29 is 19.1 Å². The molecule has 4 nitrogen and oxygen atoms in total. The lowest BCUT2D eigenvalue weighted by atomic mass is 9.89. The highest BCUT2D eigenvalue weighted by atomic mass is 16.6. The van der Waals surface area contributed by atoms with Gasteiger partial charge in [0.05, 0.1) is 11.8 Å². The molecule has 1 saturated heterocycles. The van der Waals surface area contributed by atoms with E-state index in [9.17, 15) is 9.59 Å². The summed E-state index contributed by atoms with van der Waals surface area (Å²) < 4.78 is 10.9. The topological polar surface area (TPSA) is 52.6 Å². The fourth-order valence-electron chi connectivity index (χ4n) is 2.16. The molecule has 96 valence electrons. The number of rotatable bonds is 3. The van der Waals surface area contributed by atoms with Crippen LogP contribution in [0.1, 0.15) is 53.4 Å². The molecule has 17 heavy (non-hydrogen) atoms. The summed E-state index contributed by atoms with van der Waals surface area (Å²) in [5, 5.41) is 0. The van der Waals surface area contributed by atoms with Gasteiger partial charge in [0, 0.05) is 0 Å². The Kier molecular flexibility index (Phi) is 2.53. The fourth-order valence-corrected chi connectivity index (χ4v) is 2.16. The smallest absolute Gasteiger partial charge is 0.312 e.